The van der Waals surface area contributed by atoms with Crippen molar-refractivity contribution in [3.63, 3.8) is 0 Å². The minimum Gasteiger partial charge on any atom is -0.357 e. The SMILES string of the molecule is CN=C(NCc1ccnc(N2CCCC2)c1)NC1CC=CC1.I. The molecular weight excluding hydrogens is 401 g/mol. The van der Waals surface area contributed by atoms with Crippen LogP contribution in [0, 0.1) is 0 Å². The molecule has 0 atom stereocenters. The van der Waals surface area contributed by atoms with E-state index in [-0.39, 0.29) is 24.0 Å². The van der Waals surface area contributed by atoms with E-state index in [1.54, 1.807) is 0 Å². The molecule has 1 saturated heterocycles. The highest BCUT2D eigenvalue weighted by molar-refractivity contribution is 14.0. The summed E-state index contributed by atoms with van der Waals surface area (Å²) in [5.41, 5.74) is 1.24. The first-order chi connectivity index (χ1) is 10.8. The Labute approximate surface area is 155 Å². The van der Waals surface area contributed by atoms with Gasteiger partial charge in [0.2, 0.25) is 0 Å². The Balaban J connectivity index is 0.00000192. The topological polar surface area (TPSA) is 52.6 Å². The number of anilines is 1. The van der Waals surface area contributed by atoms with E-state index in [0.29, 0.717) is 6.04 Å². The number of halogens is 1. The van der Waals surface area contributed by atoms with Crippen molar-refractivity contribution in [1.82, 2.24) is 15.6 Å². The number of hydrogen-bond acceptors (Lipinski definition) is 3. The van der Waals surface area contributed by atoms with Crippen LogP contribution in [-0.2, 0) is 6.54 Å². The van der Waals surface area contributed by atoms with Gasteiger partial charge in [-0.2, -0.15) is 0 Å². The molecule has 0 amide bonds. The van der Waals surface area contributed by atoms with Crippen molar-refractivity contribution in [2.24, 2.45) is 4.99 Å². The second-order valence-electron chi connectivity index (χ2n) is 5.93. The van der Waals surface area contributed by atoms with E-state index in [4.69, 9.17) is 0 Å². The zero-order chi connectivity index (χ0) is 15.2. The Bertz CT molecular complexity index is 544. The van der Waals surface area contributed by atoms with Crippen molar-refractivity contribution >= 4 is 35.8 Å². The van der Waals surface area contributed by atoms with Gasteiger partial charge in [0.15, 0.2) is 5.96 Å². The molecule has 3 rings (SSSR count). The highest BCUT2D eigenvalue weighted by Gasteiger charge is 2.14. The molecule has 0 radical (unpaired) electrons. The molecule has 1 aromatic rings. The summed E-state index contributed by atoms with van der Waals surface area (Å²) in [6.07, 6.45) is 11.0. The molecule has 2 aliphatic rings. The highest BCUT2D eigenvalue weighted by atomic mass is 127. The minimum absolute atomic E-state index is 0. The lowest BCUT2D eigenvalue weighted by Crippen LogP contribution is -2.42. The molecule has 1 aliphatic carbocycles. The fourth-order valence-corrected chi connectivity index (χ4v) is 3.00. The van der Waals surface area contributed by atoms with Gasteiger partial charge < -0.3 is 15.5 Å². The van der Waals surface area contributed by atoms with E-state index in [9.17, 15) is 0 Å². The van der Waals surface area contributed by atoms with Crippen molar-refractivity contribution in [2.75, 3.05) is 25.0 Å². The van der Waals surface area contributed by atoms with E-state index in [2.05, 4.69) is 49.8 Å². The van der Waals surface area contributed by atoms with E-state index in [0.717, 1.165) is 44.3 Å². The van der Waals surface area contributed by atoms with Crippen LogP contribution in [-0.4, -0.2) is 37.1 Å². The molecule has 126 valence electrons. The van der Waals surface area contributed by atoms with Crippen LogP contribution in [0.5, 0.6) is 0 Å². The molecule has 1 aliphatic heterocycles. The highest BCUT2D eigenvalue weighted by Crippen LogP contribution is 2.18. The first-order valence-corrected chi connectivity index (χ1v) is 8.17. The van der Waals surface area contributed by atoms with Gasteiger partial charge in [0, 0.05) is 38.9 Å². The summed E-state index contributed by atoms with van der Waals surface area (Å²) in [6, 6.07) is 4.73. The van der Waals surface area contributed by atoms with Gasteiger partial charge >= 0.3 is 0 Å². The maximum Gasteiger partial charge on any atom is 0.191 e. The van der Waals surface area contributed by atoms with Gasteiger partial charge in [-0.05, 0) is 43.4 Å². The third-order valence-electron chi connectivity index (χ3n) is 4.27. The van der Waals surface area contributed by atoms with Crippen molar-refractivity contribution in [2.45, 2.75) is 38.3 Å². The smallest absolute Gasteiger partial charge is 0.191 e. The molecule has 6 heteroatoms. The molecule has 0 aromatic carbocycles. The molecule has 23 heavy (non-hydrogen) atoms. The number of pyridine rings is 1. The van der Waals surface area contributed by atoms with Crippen LogP contribution in [0.2, 0.25) is 0 Å². The van der Waals surface area contributed by atoms with Crippen LogP contribution >= 0.6 is 24.0 Å². The predicted molar refractivity (Wildman–Crippen MR) is 107 cm³/mol. The van der Waals surface area contributed by atoms with Crippen LogP contribution in [0.25, 0.3) is 0 Å². The van der Waals surface area contributed by atoms with E-state index in [1.807, 2.05) is 13.2 Å². The average molecular weight is 427 g/mol. The van der Waals surface area contributed by atoms with Gasteiger partial charge in [-0.3, -0.25) is 4.99 Å². The standard InChI is InChI=1S/C17H25N5.HI/c1-18-17(21-15-6-2-3-7-15)20-13-14-8-9-19-16(12-14)22-10-4-5-11-22;/h2-3,8-9,12,15H,4-7,10-11,13H2,1H3,(H2,18,20,21);1H. The minimum atomic E-state index is 0. The van der Waals surface area contributed by atoms with Crippen molar-refractivity contribution in [1.29, 1.82) is 0 Å². The van der Waals surface area contributed by atoms with Crippen LogP contribution in [0.15, 0.2) is 35.5 Å². The van der Waals surface area contributed by atoms with Crippen LogP contribution in [0.3, 0.4) is 0 Å². The largest absolute Gasteiger partial charge is 0.357 e. The van der Waals surface area contributed by atoms with Gasteiger partial charge in [0.1, 0.15) is 5.82 Å². The van der Waals surface area contributed by atoms with Crippen LogP contribution in [0.1, 0.15) is 31.2 Å². The zero-order valence-corrected chi connectivity index (χ0v) is 16.0. The number of nitrogens with zero attached hydrogens (tertiary/aromatic N) is 3. The normalized spacial score (nSPS) is 18.1. The molecule has 2 heterocycles. The van der Waals surface area contributed by atoms with E-state index in [1.165, 1.54) is 18.4 Å². The number of aromatic nitrogens is 1. The quantitative estimate of drug-likeness (QED) is 0.336. The molecular formula is C17H26IN5. The van der Waals surface area contributed by atoms with Crippen LogP contribution in [0.4, 0.5) is 5.82 Å². The fraction of sp³-hybridized carbons (Fsp3) is 0.529. The van der Waals surface area contributed by atoms with Crippen LogP contribution < -0.4 is 15.5 Å². The Morgan fingerprint density at radius 3 is 2.74 bits per heavy atom. The molecule has 0 saturated carbocycles. The van der Waals surface area contributed by atoms with E-state index >= 15 is 0 Å². The first-order valence-electron chi connectivity index (χ1n) is 8.17. The Morgan fingerprint density at radius 2 is 2.04 bits per heavy atom. The molecule has 1 fully saturated rings. The number of aliphatic imine (C=N–C) groups is 1. The molecule has 5 nitrogen and oxygen atoms in total. The third kappa shape index (κ3) is 5.09. The zero-order valence-electron chi connectivity index (χ0n) is 13.7. The number of nitrogens with one attached hydrogen (secondary N) is 2. The summed E-state index contributed by atoms with van der Waals surface area (Å²) in [6.45, 7) is 3.02. The Kier molecular flexibility index (Phi) is 7.14. The number of hydrogen-bond donors (Lipinski definition) is 2. The maximum absolute atomic E-state index is 4.50. The Morgan fingerprint density at radius 1 is 1.30 bits per heavy atom. The van der Waals surface area contributed by atoms with Gasteiger partial charge in [-0.1, -0.05) is 12.2 Å². The Hall–Kier alpha value is -1.31. The lowest BCUT2D eigenvalue weighted by Gasteiger charge is -2.19. The molecule has 1 aromatic heterocycles. The summed E-state index contributed by atoms with van der Waals surface area (Å²) in [7, 11) is 1.82. The number of guanidine groups is 1. The lowest BCUT2D eigenvalue weighted by molar-refractivity contribution is 0.633. The summed E-state index contributed by atoms with van der Waals surface area (Å²) < 4.78 is 0. The fourth-order valence-electron chi connectivity index (χ4n) is 3.00. The summed E-state index contributed by atoms with van der Waals surface area (Å²) in [5, 5.41) is 6.85. The monoisotopic (exact) mass is 427 g/mol. The average Bonchev–Trinajstić information content (AvgIpc) is 3.25. The molecule has 0 unspecified atom stereocenters. The van der Waals surface area contributed by atoms with Gasteiger partial charge in [-0.15, -0.1) is 24.0 Å². The maximum atomic E-state index is 4.50. The first kappa shape index (κ1) is 18.0. The van der Waals surface area contributed by atoms with E-state index < -0.39 is 0 Å². The molecule has 2 N–H and O–H groups in total. The molecule has 0 bridgehead atoms. The van der Waals surface area contributed by atoms with Crippen molar-refractivity contribution in [3.05, 3.63) is 36.0 Å². The second-order valence-corrected chi connectivity index (χ2v) is 5.93. The van der Waals surface area contributed by atoms with Crippen molar-refractivity contribution in [3.8, 4) is 0 Å². The van der Waals surface area contributed by atoms with Crippen molar-refractivity contribution < 1.29 is 0 Å². The predicted octanol–water partition coefficient (Wildman–Crippen LogP) is 2.68. The van der Waals surface area contributed by atoms with Gasteiger partial charge in [-0.25, -0.2) is 4.98 Å². The van der Waals surface area contributed by atoms with Gasteiger partial charge in [0.05, 0.1) is 0 Å². The number of rotatable bonds is 4. The second kappa shape index (κ2) is 9.10. The summed E-state index contributed by atoms with van der Waals surface area (Å²) in [5.74, 6) is 1.97. The lowest BCUT2D eigenvalue weighted by atomic mass is 10.2. The third-order valence-corrected chi connectivity index (χ3v) is 4.27. The summed E-state index contributed by atoms with van der Waals surface area (Å²) in [4.78, 5) is 11.2. The summed E-state index contributed by atoms with van der Waals surface area (Å²) >= 11 is 0. The van der Waals surface area contributed by atoms with Gasteiger partial charge in [0.25, 0.3) is 0 Å². The molecule has 0 spiro atoms.